The Kier molecular flexibility index (Phi) is 4.65. The number of anilines is 1. The number of ether oxygens (including phenoxy) is 1. The van der Waals surface area contributed by atoms with Crippen LogP contribution < -0.4 is 10.5 Å². The molecule has 0 amide bonds. The molecule has 3 aromatic heterocycles. The number of hydrogen-bond donors (Lipinski definition) is 1. The average molecular weight is 458 g/mol. The Morgan fingerprint density at radius 1 is 0.900 bits per heavy atom. The van der Waals surface area contributed by atoms with Gasteiger partial charge in [-0.05, 0) is 64.5 Å². The smallest absolute Gasteiger partial charge is 0.156 e. The number of pyridine rings is 2. The second kappa shape index (κ2) is 7.61. The summed E-state index contributed by atoms with van der Waals surface area (Å²) in [5.74, 6) is 1.96. The van der Waals surface area contributed by atoms with Crippen molar-refractivity contribution in [2.24, 2.45) is 0 Å². The van der Waals surface area contributed by atoms with Crippen molar-refractivity contribution in [3.63, 3.8) is 0 Å². The minimum atomic E-state index is 0.415. The molecule has 0 aliphatic heterocycles. The summed E-state index contributed by atoms with van der Waals surface area (Å²) in [6, 6.07) is 21.3. The van der Waals surface area contributed by atoms with Gasteiger partial charge in [0.1, 0.15) is 11.5 Å². The van der Waals surface area contributed by atoms with Gasteiger partial charge in [0.2, 0.25) is 0 Å². The first-order valence-electron chi connectivity index (χ1n) is 9.26. The van der Waals surface area contributed by atoms with Crippen LogP contribution in [0.15, 0.2) is 89.8 Å². The highest BCUT2D eigenvalue weighted by Crippen LogP contribution is 2.33. The highest BCUT2D eigenvalue weighted by molar-refractivity contribution is 9.10. The van der Waals surface area contributed by atoms with Gasteiger partial charge in [0.15, 0.2) is 5.82 Å². The molecule has 5 aromatic rings. The van der Waals surface area contributed by atoms with Gasteiger partial charge in [-0.1, -0.05) is 18.2 Å². The summed E-state index contributed by atoms with van der Waals surface area (Å²) in [6.07, 6.45) is 5.23. The Balaban J connectivity index is 1.55. The molecule has 3 heterocycles. The van der Waals surface area contributed by atoms with E-state index in [1.54, 1.807) is 23.3 Å². The number of nitrogens with two attached hydrogens (primary N) is 1. The van der Waals surface area contributed by atoms with E-state index < -0.39 is 0 Å². The van der Waals surface area contributed by atoms with Gasteiger partial charge in [-0.15, -0.1) is 5.10 Å². The lowest BCUT2D eigenvalue weighted by molar-refractivity contribution is 0.483. The standard InChI is InChI=1S/C23H16BrN5O/c24-16-12-17(14-26-13-16)29-20-10-11-27-22(21(20)23(25)28-29)15-6-8-19(9-7-15)30-18-4-2-1-3-5-18/h1-14H,(H2,25,28). The molecule has 0 bridgehead atoms. The van der Waals surface area contributed by atoms with E-state index in [0.29, 0.717) is 5.82 Å². The molecule has 30 heavy (non-hydrogen) atoms. The van der Waals surface area contributed by atoms with Crippen LogP contribution in [0.1, 0.15) is 0 Å². The molecule has 7 heteroatoms. The van der Waals surface area contributed by atoms with Gasteiger partial charge < -0.3 is 10.5 Å². The lowest BCUT2D eigenvalue weighted by atomic mass is 10.1. The molecule has 2 N–H and O–H groups in total. The van der Waals surface area contributed by atoms with Crippen LogP contribution in [0.4, 0.5) is 5.82 Å². The zero-order valence-corrected chi connectivity index (χ0v) is 17.3. The fourth-order valence-electron chi connectivity index (χ4n) is 3.33. The summed E-state index contributed by atoms with van der Waals surface area (Å²) in [4.78, 5) is 8.80. The maximum Gasteiger partial charge on any atom is 0.156 e. The summed E-state index contributed by atoms with van der Waals surface area (Å²) in [5.41, 5.74) is 9.67. The molecular formula is C23H16BrN5O. The number of hydrogen-bond acceptors (Lipinski definition) is 5. The minimum absolute atomic E-state index is 0.415. The Hall–Kier alpha value is -3.71. The molecule has 5 rings (SSSR count). The molecular weight excluding hydrogens is 442 g/mol. The van der Waals surface area contributed by atoms with Gasteiger partial charge >= 0.3 is 0 Å². The molecule has 146 valence electrons. The molecule has 2 aromatic carbocycles. The van der Waals surface area contributed by atoms with Crippen molar-refractivity contribution in [2.45, 2.75) is 0 Å². The van der Waals surface area contributed by atoms with Crippen LogP contribution in [0, 0.1) is 0 Å². The van der Waals surface area contributed by atoms with Gasteiger partial charge in [-0.3, -0.25) is 9.97 Å². The summed E-state index contributed by atoms with van der Waals surface area (Å²) in [5, 5.41) is 5.33. The van der Waals surface area contributed by atoms with E-state index in [-0.39, 0.29) is 0 Å². The number of nitrogen functional groups attached to an aromatic ring is 1. The van der Waals surface area contributed by atoms with Crippen LogP contribution in [0.5, 0.6) is 11.5 Å². The molecule has 0 saturated heterocycles. The molecule has 0 radical (unpaired) electrons. The third-order valence-corrected chi connectivity index (χ3v) is 5.10. The van der Waals surface area contributed by atoms with Crippen LogP contribution in [-0.2, 0) is 0 Å². The first-order chi connectivity index (χ1) is 14.7. The van der Waals surface area contributed by atoms with Crippen molar-refractivity contribution in [1.29, 1.82) is 0 Å². The molecule has 0 aliphatic carbocycles. The summed E-state index contributed by atoms with van der Waals surface area (Å²) in [6.45, 7) is 0. The number of para-hydroxylation sites is 1. The lowest BCUT2D eigenvalue weighted by Gasteiger charge is -2.08. The van der Waals surface area contributed by atoms with Gasteiger partial charge in [-0.25, -0.2) is 4.68 Å². The predicted molar refractivity (Wildman–Crippen MR) is 121 cm³/mol. The topological polar surface area (TPSA) is 78.9 Å². The van der Waals surface area contributed by atoms with Crippen molar-refractivity contribution in [1.82, 2.24) is 19.7 Å². The fourth-order valence-corrected chi connectivity index (χ4v) is 3.68. The van der Waals surface area contributed by atoms with Crippen LogP contribution in [0.2, 0.25) is 0 Å². The molecule has 0 spiro atoms. The first kappa shape index (κ1) is 18.3. The second-order valence-corrected chi connectivity index (χ2v) is 7.57. The second-order valence-electron chi connectivity index (χ2n) is 6.65. The van der Waals surface area contributed by atoms with Gasteiger partial charge in [0.05, 0.1) is 28.5 Å². The minimum Gasteiger partial charge on any atom is -0.457 e. The zero-order valence-electron chi connectivity index (χ0n) is 15.7. The van der Waals surface area contributed by atoms with Crippen molar-refractivity contribution in [3.05, 3.63) is 89.8 Å². The number of halogens is 1. The fraction of sp³-hybridized carbons (Fsp3) is 0. The maximum absolute atomic E-state index is 6.29. The van der Waals surface area contributed by atoms with Gasteiger partial charge in [0, 0.05) is 22.4 Å². The van der Waals surface area contributed by atoms with Gasteiger partial charge in [0.25, 0.3) is 0 Å². The number of benzene rings is 2. The van der Waals surface area contributed by atoms with E-state index in [9.17, 15) is 0 Å². The van der Waals surface area contributed by atoms with Crippen molar-refractivity contribution < 1.29 is 4.74 Å². The highest BCUT2D eigenvalue weighted by atomic mass is 79.9. The van der Waals surface area contributed by atoms with Crippen molar-refractivity contribution in [3.8, 4) is 28.4 Å². The summed E-state index contributed by atoms with van der Waals surface area (Å²) in [7, 11) is 0. The molecule has 0 atom stereocenters. The zero-order chi connectivity index (χ0) is 20.5. The van der Waals surface area contributed by atoms with E-state index in [2.05, 4.69) is 31.0 Å². The van der Waals surface area contributed by atoms with Gasteiger partial charge in [-0.2, -0.15) is 0 Å². The average Bonchev–Trinajstić information content (AvgIpc) is 3.12. The molecule has 0 saturated carbocycles. The van der Waals surface area contributed by atoms with E-state index in [4.69, 9.17) is 10.5 Å². The largest absolute Gasteiger partial charge is 0.457 e. The number of nitrogens with zero attached hydrogens (tertiary/aromatic N) is 4. The van der Waals surface area contributed by atoms with Crippen LogP contribution >= 0.6 is 15.9 Å². The van der Waals surface area contributed by atoms with Crippen LogP contribution in [0.25, 0.3) is 27.8 Å². The number of rotatable bonds is 4. The lowest BCUT2D eigenvalue weighted by Crippen LogP contribution is -1.98. The van der Waals surface area contributed by atoms with E-state index in [0.717, 1.165) is 43.8 Å². The molecule has 0 unspecified atom stereocenters. The highest BCUT2D eigenvalue weighted by Gasteiger charge is 2.16. The van der Waals surface area contributed by atoms with Crippen molar-refractivity contribution in [2.75, 3.05) is 5.73 Å². The quantitative estimate of drug-likeness (QED) is 0.378. The predicted octanol–water partition coefficient (Wildman–Crippen LogP) is 5.62. The summed E-state index contributed by atoms with van der Waals surface area (Å²) < 4.78 is 8.53. The third kappa shape index (κ3) is 3.40. The van der Waals surface area contributed by atoms with E-state index in [1.165, 1.54) is 0 Å². The Bertz CT molecular complexity index is 1330. The third-order valence-electron chi connectivity index (χ3n) is 4.66. The Labute approximate surface area is 181 Å². The summed E-state index contributed by atoms with van der Waals surface area (Å²) >= 11 is 3.45. The number of fused-ring (bicyclic) bond motifs is 1. The SMILES string of the molecule is Nc1nn(-c2cncc(Br)c2)c2ccnc(-c3ccc(Oc4ccccc4)cc3)c12. The van der Waals surface area contributed by atoms with Crippen LogP contribution in [-0.4, -0.2) is 19.7 Å². The first-order valence-corrected chi connectivity index (χ1v) is 10.1. The monoisotopic (exact) mass is 457 g/mol. The molecule has 0 fully saturated rings. The van der Waals surface area contributed by atoms with Crippen LogP contribution in [0.3, 0.4) is 0 Å². The normalized spacial score (nSPS) is 11.0. The van der Waals surface area contributed by atoms with Crippen molar-refractivity contribution >= 4 is 32.7 Å². The van der Waals surface area contributed by atoms with E-state index >= 15 is 0 Å². The molecule has 0 aliphatic rings. The Morgan fingerprint density at radius 3 is 2.43 bits per heavy atom. The Morgan fingerprint density at radius 2 is 1.67 bits per heavy atom. The molecule has 6 nitrogen and oxygen atoms in total. The van der Waals surface area contributed by atoms with E-state index in [1.807, 2.05) is 66.7 Å². The maximum atomic E-state index is 6.29. The number of aromatic nitrogens is 4.